The highest BCUT2D eigenvalue weighted by molar-refractivity contribution is 5.65. The fraction of sp³-hybridized carbons (Fsp3) is 0.421. The maximum atomic E-state index is 13.5. The Morgan fingerprint density at radius 3 is 2.31 bits per heavy atom. The van der Waals surface area contributed by atoms with Gasteiger partial charge in [-0.05, 0) is 43.4 Å². The number of H-pyrrole nitrogens is 1. The van der Waals surface area contributed by atoms with Crippen molar-refractivity contribution in [2.75, 3.05) is 0 Å². The molecule has 140 valence electrons. The lowest BCUT2D eigenvalue weighted by molar-refractivity contribution is -0.137. The molecule has 1 aromatic heterocycles. The molecule has 0 aliphatic heterocycles. The van der Waals surface area contributed by atoms with Crippen LogP contribution >= 0.6 is 0 Å². The fourth-order valence-corrected chi connectivity index (χ4v) is 3.50. The predicted octanol–water partition coefficient (Wildman–Crippen LogP) is 5.66. The molecule has 0 spiro atoms. The van der Waals surface area contributed by atoms with Gasteiger partial charge in [-0.25, -0.2) is 8.78 Å². The van der Waals surface area contributed by atoms with Crippen molar-refractivity contribution in [2.45, 2.75) is 50.6 Å². The van der Waals surface area contributed by atoms with Gasteiger partial charge in [-0.15, -0.1) is 0 Å². The third-order valence-electron chi connectivity index (χ3n) is 4.80. The Labute approximate surface area is 147 Å². The van der Waals surface area contributed by atoms with Crippen molar-refractivity contribution in [2.24, 2.45) is 0 Å². The minimum atomic E-state index is -4.52. The number of rotatable bonds is 2. The smallest absolute Gasteiger partial charge is 0.358 e. The summed E-state index contributed by atoms with van der Waals surface area (Å²) in [5.41, 5.74) is 0.705. The minimum absolute atomic E-state index is 0.108. The Balaban J connectivity index is 2.10. The molecule has 0 radical (unpaired) electrons. The second kappa shape index (κ2) is 6.52. The van der Waals surface area contributed by atoms with Crippen molar-refractivity contribution < 1.29 is 22.0 Å². The maximum Gasteiger partial charge on any atom is 0.416 e. The van der Waals surface area contributed by atoms with Crippen LogP contribution < -0.4 is 5.43 Å². The summed E-state index contributed by atoms with van der Waals surface area (Å²) in [5, 5.41) is 0. The summed E-state index contributed by atoms with van der Waals surface area (Å²) in [6.45, 7) is 1.68. The van der Waals surface area contributed by atoms with Gasteiger partial charge in [0.05, 0.1) is 5.56 Å². The number of pyridine rings is 1. The minimum Gasteiger partial charge on any atom is -0.358 e. The van der Waals surface area contributed by atoms with E-state index in [-0.39, 0.29) is 31.1 Å². The molecule has 0 atom stereocenters. The maximum absolute atomic E-state index is 13.5. The zero-order valence-electron chi connectivity index (χ0n) is 14.1. The molecule has 0 amide bonds. The Morgan fingerprint density at radius 1 is 1.08 bits per heavy atom. The molecule has 1 fully saturated rings. The highest BCUT2D eigenvalue weighted by Crippen LogP contribution is 2.44. The van der Waals surface area contributed by atoms with Crippen molar-refractivity contribution in [1.82, 2.24) is 4.98 Å². The molecule has 2 nitrogen and oxygen atoms in total. The number of aromatic nitrogens is 1. The second-order valence-corrected chi connectivity index (χ2v) is 6.84. The summed E-state index contributed by atoms with van der Waals surface area (Å²) in [4.78, 5) is 14.8. The van der Waals surface area contributed by atoms with E-state index in [2.05, 4.69) is 4.98 Å². The number of halogens is 5. The Morgan fingerprint density at radius 2 is 1.73 bits per heavy atom. The number of aryl methyl sites for hydroxylation is 1. The number of hydrogen-bond donors (Lipinski definition) is 1. The molecule has 0 unspecified atom stereocenters. The van der Waals surface area contributed by atoms with Gasteiger partial charge in [0.2, 0.25) is 5.92 Å². The SMILES string of the molecule is Cc1cc(=O)cc(-c2ccc(C(F)(F)F)cc2C2CCC(F)(F)CC2)[nH]1. The van der Waals surface area contributed by atoms with Crippen LogP contribution in [0.25, 0.3) is 11.3 Å². The normalized spacial score (nSPS) is 18.1. The molecular weight excluding hydrogens is 353 g/mol. The number of hydrogen-bond acceptors (Lipinski definition) is 1. The van der Waals surface area contributed by atoms with Crippen molar-refractivity contribution in [3.05, 3.63) is 57.4 Å². The average molecular weight is 371 g/mol. The highest BCUT2D eigenvalue weighted by atomic mass is 19.4. The van der Waals surface area contributed by atoms with E-state index in [1.807, 2.05) is 0 Å². The molecule has 0 bridgehead atoms. The van der Waals surface area contributed by atoms with Crippen LogP contribution in [0.15, 0.2) is 35.1 Å². The van der Waals surface area contributed by atoms with Gasteiger partial charge in [-0.2, -0.15) is 13.2 Å². The molecule has 1 aliphatic carbocycles. The standard InChI is InChI=1S/C19H18F5NO/c1-11-8-14(26)10-17(25-11)15-3-2-13(19(22,23)24)9-16(15)12-4-6-18(20,21)7-5-12/h2-3,8-10,12H,4-7H2,1H3,(H,25,26). The van der Waals surface area contributed by atoms with Crippen molar-refractivity contribution >= 4 is 0 Å². The van der Waals surface area contributed by atoms with Crippen molar-refractivity contribution in [3.8, 4) is 11.3 Å². The largest absolute Gasteiger partial charge is 0.416 e. The lowest BCUT2D eigenvalue weighted by Gasteiger charge is -2.30. The van der Waals surface area contributed by atoms with Crippen LogP contribution in [0.2, 0.25) is 0 Å². The zero-order chi connectivity index (χ0) is 19.1. The first-order chi connectivity index (χ1) is 12.0. The molecule has 26 heavy (non-hydrogen) atoms. The van der Waals surface area contributed by atoms with Gasteiger partial charge in [0.1, 0.15) is 0 Å². The third-order valence-corrected chi connectivity index (χ3v) is 4.80. The van der Waals surface area contributed by atoms with Crippen LogP contribution in [-0.2, 0) is 6.18 Å². The van der Waals surface area contributed by atoms with Crippen LogP contribution in [0.4, 0.5) is 22.0 Å². The van der Waals surface area contributed by atoms with Crippen LogP contribution in [0.1, 0.15) is 48.4 Å². The lowest BCUT2D eigenvalue weighted by atomic mass is 9.79. The van der Waals surface area contributed by atoms with Gasteiger partial charge < -0.3 is 4.98 Å². The van der Waals surface area contributed by atoms with E-state index >= 15 is 0 Å². The topological polar surface area (TPSA) is 32.9 Å². The number of nitrogens with one attached hydrogen (secondary N) is 1. The molecule has 1 saturated carbocycles. The number of benzene rings is 1. The van der Waals surface area contributed by atoms with Crippen LogP contribution in [-0.4, -0.2) is 10.9 Å². The molecule has 1 aromatic carbocycles. The van der Waals surface area contributed by atoms with E-state index in [1.165, 1.54) is 18.2 Å². The predicted molar refractivity (Wildman–Crippen MR) is 88.4 cm³/mol. The summed E-state index contributed by atoms with van der Waals surface area (Å²) < 4.78 is 66.4. The molecule has 3 rings (SSSR count). The summed E-state index contributed by atoms with van der Waals surface area (Å²) in [5.74, 6) is -3.17. The molecule has 0 saturated heterocycles. The Kier molecular flexibility index (Phi) is 4.67. The Hall–Kier alpha value is -2.18. The molecule has 1 N–H and O–H groups in total. The first-order valence-electron chi connectivity index (χ1n) is 8.35. The van der Waals surface area contributed by atoms with Gasteiger partial charge >= 0.3 is 6.18 Å². The van der Waals surface area contributed by atoms with Gasteiger partial charge in [-0.1, -0.05) is 6.07 Å². The highest BCUT2D eigenvalue weighted by Gasteiger charge is 2.37. The molecular formula is C19H18F5NO. The molecule has 7 heteroatoms. The quantitative estimate of drug-likeness (QED) is 0.679. The number of alkyl halides is 5. The summed E-state index contributed by atoms with van der Waals surface area (Å²) in [6, 6.07) is 6.00. The first kappa shape index (κ1) is 18.6. The lowest BCUT2D eigenvalue weighted by Crippen LogP contribution is -2.24. The van der Waals surface area contributed by atoms with Gasteiger partial charge in [-0.3, -0.25) is 4.79 Å². The van der Waals surface area contributed by atoms with Crippen molar-refractivity contribution in [3.63, 3.8) is 0 Å². The summed E-state index contributed by atoms with van der Waals surface area (Å²) in [6.07, 6.45) is -5.00. The van der Waals surface area contributed by atoms with E-state index in [0.717, 1.165) is 12.1 Å². The monoisotopic (exact) mass is 371 g/mol. The van der Waals surface area contributed by atoms with Gasteiger partial charge in [0, 0.05) is 41.9 Å². The summed E-state index contributed by atoms with van der Waals surface area (Å²) >= 11 is 0. The average Bonchev–Trinajstić information content (AvgIpc) is 2.52. The zero-order valence-corrected chi connectivity index (χ0v) is 14.1. The van der Waals surface area contributed by atoms with Crippen LogP contribution in [0.5, 0.6) is 0 Å². The van der Waals surface area contributed by atoms with E-state index in [1.54, 1.807) is 6.92 Å². The fourth-order valence-electron chi connectivity index (χ4n) is 3.50. The van der Waals surface area contributed by atoms with Crippen LogP contribution in [0, 0.1) is 6.92 Å². The molecule has 1 heterocycles. The van der Waals surface area contributed by atoms with E-state index in [4.69, 9.17) is 0 Å². The number of aromatic amines is 1. The third kappa shape index (κ3) is 3.97. The van der Waals surface area contributed by atoms with Gasteiger partial charge in [0.15, 0.2) is 5.43 Å². The van der Waals surface area contributed by atoms with Gasteiger partial charge in [0.25, 0.3) is 0 Å². The van der Waals surface area contributed by atoms with E-state index in [0.29, 0.717) is 22.5 Å². The summed E-state index contributed by atoms with van der Waals surface area (Å²) in [7, 11) is 0. The second-order valence-electron chi connectivity index (χ2n) is 6.84. The van der Waals surface area contributed by atoms with Crippen LogP contribution in [0.3, 0.4) is 0 Å². The van der Waals surface area contributed by atoms with Crippen molar-refractivity contribution in [1.29, 1.82) is 0 Å². The molecule has 2 aromatic rings. The van der Waals surface area contributed by atoms with E-state index in [9.17, 15) is 26.7 Å². The molecule has 1 aliphatic rings. The van der Waals surface area contributed by atoms with E-state index < -0.39 is 23.6 Å². The Bertz CT molecular complexity index is 859. The first-order valence-corrected chi connectivity index (χ1v) is 8.35.